The van der Waals surface area contributed by atoms with Crippen LogP contribution in [0.2, 0.25) is 0 Å². The maximum Gasteiger partial charge on any atom is 0.292 e. The summed E-state index contributed by atoms with van der Waals surface area (Å²) in [6, 6.07) is 8.50. The summed E-state index contributed by atoms with van der Waals surface area (Å²) in [5, 5.41) is 23.0. The summed E-state index contributed by atoms with van der Waals surface area (Å²) in [5.41, 5.74) is 1.28. The summed E-state index contributed by atoms with van der Waals surface area (Å²) >= 11 is 0. The number of nitrogens with one attached hydrogen (secondary N) is 1. The summed E-state index contributed by atoms with van der Waals surface area (Å²) in [5.74, 6) is -0.0785. The lowest BCUT2D eigenvalue weighted by molar-refractivity contribution is -0.384. The van der Waals surface area contributed by atoms with Crippen molar-refractivity contribution in [2.75, 3.05) is 12.4 Å². The highest BCUT2D eigenvalue weighted by Gasteiger charge is 2.14. The fraction of sp³-hybridized carbons (Fsp3) is 0.200. The SMILES string of the molecule is COc1cc(F)cc(CNc2cc(CO)ccc2[N+](=O)[O-])c1. The first-order valence-electron chi connectivity index (χ1n) is 6.49. The molecular weight excluding hydrogens is 291 g/mol. The van der Waals surface area contributed by atoms with E-state index >= 15 is 0 Å². The third kappa shape index (κ3) is 3.70. The Morgan fingerprint density at radius 3 is 2.68 bits per heavy atom. The second kappa shape index (κ2) is 6.86. The topological polar surface area (TPSA) is 84.6 Å². The highest BCUT2D eigenvalue weighted by molar-refractivity contribution is 5.63. The number of ether oxygens (including phenoxy) is 1. The van der Waals surface area contributed by atoms with E-state index in [1.165, 1.54) is 37.4 Å². The molecule has 22 heavy (non-hydrogen) atoms. The predicted octanol–water partition coefficient (Wildman–Crippen LogP) is 2.85. The molecule has 0 aliphatic rings. The molecule has 0 fully saturated rings. The van der Waals surface area contributed by atoms with E-state index < -0.39 is 10.7 Å². The Balaban J connectivity index is 2.23. The van der Waals surface area contributed by atoms with Gasteiger partial charge in [0.2, 0.25) is 0 Å². The Labute approximate surface area is 126 Å². The van der Waals surface area contributed by atoms with Crippen LogP contribution < -0.4 is 10.1 Å². The highest BCUT2D eigenvalue weighted by atomic mass is 19.1. The number of aliphatic hydroxyl groups excluding tert-OH is 1. The van der Waals surface area contributed by atoms with Gasteiger partial charge in [0.1, 0.15) is 17.3 Å². The fourth-order valence-electron chi connectivity index (χ4n) is 2.02. The van der Waals surface area contributed by atoms with Gasteiger partial charge in [0.25, 0.3) is 5.69 Å². The monoisotopic (exact) mass is 306 g/mol. The first-order valence-corrected chi connectivity index (χ1v) is 6.49. The van der Waals surface area contributed by atoms with Crippen LogP contribution in [0.4, 0.5) is 15.8 Å². The standard InChI is InChI=1S/C15H15FN2O4/c1-22-13-5-11(4-12(16)7-13)8-17-14-6-10(9-19)2-3-15(14)18(20)21/h2-7,17,19H,8-9H2,1H3. The number of halogens is 1. The average molecular weight is 306 g/mol. The number of nitro groups is 1. The number of aliphatic hydroxyl groups is 1. The molecule has 0 aliphatic carbocycles. The minimum atomic E-state index is -0.518. The molecule has 0 amide bonds. The Morgan fingerprint density at radius 1 is 1.27 bits per heavy atom. The second-order valence-corrected chi connectivity index (χ2v) is 4.62. The largest absolute Gasteiger partial charge is 0.497 e. The van der Waals surface area contributed by atoms with Crippen LogP contribution >= 0.6 is 0 Å². The first kappa shape index (κ1) is 15.7. The molecule has 6 nitrogen and oxygen atoms in total. The van der Waals surface area contributed by atoms with E-state index in [4.69, 9.17) is 9.84 Å². The summed E-state index contributed by atoms with van der Waals surface area (Å²) < 4.78 is 18.4. The van der Waals surface area contributed by atoms with Crippen molar-refractivity contribution in [2.24, 2.45) is 0 Å². The van der Waals surface area contributed by atoms with Gasteiger partial charge in [0, 0.05) is 18.7 Å². The fourth-order valence-corrected chi connectivity index (χ4v) is 2.02. The third-order valence-electron chi connectivity index (χ3n) is 3.09. The molecule has 0 bridgehead atoms. The predicted molar refractivity (Wildman–Crippen MR) is 79.3 cm³/mol. The van der Waals surface area contributed by atoms with Gasteiger partial charge in [0.15, 0.2) is 0 Å². The maximum atomic E-state index is 13.4. The molecule has 2 rings (SSSR count). The maximum absolute atomic E-state index is 13.4. The van der Waals surface area contributed by atoms with Crippen LogP contribution in [0, 0.1) is 15.9 Å². The summed E-state index contributed by atoms with van der Waals surface area (Å²) in [4.78, 5) is 10.5. The zero-order valence-corrected chi connectivity index (χ0v) is 11.9. The van der Waals surface area contributed by atoms with Crippen molar-refractivity contribution in [2.45, 2.75) is 13.2 Å². The van der Waals surface area contributed by atoms with Crippen LogP contribution in [0.15, 0.2) is 36.4 Å². The Morgan fingerprint density at radius 2 is 2.05 bits per heavy atom. The minimum Gasteiger partial charge on any atom is -0.497 e. The quantitative estimate of drug-likeness (QED) is 0.633. The van der Waals surface area contributed by atoms with Crippen molar-refractivity contribution < 1.29 is 19.2 Å². The van der Waals surface area contributed by atoms with Crippen molar-refractivity contribution in [3.05, 3.63) is 63.5 Å². The van der Waals surface area contributed by atoms with Gasteiger partial charge in [-0.3, -0.25) is 10.1 Å². The number of hydrogen-bond acceptors (Lipinski definition) is 5. The van der Waals surface area contributed by atoms with Gasteiger partial charge in [0.05, 0.1) is 18.6 Å². The molecular formula is C15H15FN2O4. The molecule has 0 heterocycles. The van der Waals surface area contributed by atoms with Crippen LogP contribution in [0.3, 0.4) is 0 Å². The zero-order valence-electron chi connectivity index (χ0n) is 11.9. The molecule has 0 spiro atoms. The Bertz CT molecular complexity index is 691. The summed E-state index contributed by atoms with van der Waals surface area (Å²) in [6.45, 7) is -0.0374. The van der Waals surface area contributed by atoms with Gasteiger partial charge in [-0.1, -0.05) is 0 Å². The normalized spacial score (nSPS) is 10.3. The number of rotatable bonds is 6. The number of hydrogen-bond donors (Lipinski definition) is 2. The third-order valence-corrected chi connectivity index (χ3v) is 3.09. The van der Waals surface area contributed by atoms with Crippen molar-refractivity contribution in [3.63, 3.8) is 0 Å². The van der Waals surface area contributed by atoms with Gasteiger partial charge in [-0.15, -0.1) is 0 Å². The van der Waals surface area contributed by atoms with E-state index in [-0.39, 0.29) is 24.5 Å². The van der Waals surface area contributed by atoms with Crippen molar-refractivity contribution in [3.8, 4) is 5.75 Å². The molecule has 0 aliphatic heterocycles. The smallest absolute Gasteiger partial charge is 0.292 e. The van der Waals surface area contributed by atoms with Gasteiger partial charge < -0.3 is 15.2 Å². The molecule has 0 atom stereocenters. The van der Waals surface area contributed by atoms with E-state index in [1.807, 2.05) is 0 Å². The van der Waals surface area contributed by atoms with E-state index in [9.17, 15) is 14.5 Å². The van der Waals surface area contributed by atoms with Crippen LogP contribution in [0.25, 0.3) is 0 Å². The molecule has 0 saturated carbocycles. The van der Waals surface area contributed by atoms with Crippen LogP contribution in [0.5, 0.6) is 5.75 Å². The van der Waals surface area contributed by atoms with E-state index in [0.717, 1.165) is 0 Å². The van der Waals surface area contributed by atoms with Crippen LogP contribution in [-0.4, -0.2) is 17.1 Å². The molecule has 2 aromatic rings. The molecule has 0 aromatic heterocycles. The lowest BCUT2D eigenvalue weighted by atomic mass is 10.1. The number of anilines is 1. The lowest BCUT2D eigenvalue weighted by Crippen LogP contribution is -2.04. The van der Waals surface area contributed by atoms with Gasteiger partial charge >= 0.3 is 0 Å². The number of nitro benzene ring substituents is 1. The number of methoxy groups -OCH3 is 1. The van der Waals surface area contributed by atoms with Crippen molar-refractivity contribution in [1.82, 2.24) is 0 Å². The van der Waals surface area contributed by atoms with Crippen LogP contribution in [-0.2, 0) is 13.2 Å². The molecule has 0 saturated heterocycles. The van der Waals surface area contributed by atoms with E-state index in [0.29, 0.717) is 16.9 Å². The second-order valence-electron chi connectivity index (χ2n) is 4.62. The van der Waals surface area contributed by atoms with Gasteiger partial charge in [-0.25, -0.2) is 4.39 Å². The van der Waals surface area contributed by atoms with Gasteiger partial charge in [-0.2, -0.15) is 0 Å². The number of benzene rings is 2. The van der Waals surface area contributed by atoms with Crippen LogP contribution in [0.1, 0.15) is 11.1 Å². The van der Waals surface area contributed by atoms with E-state index in [1.54, 1.807) is 6.07 Å². The molecule has 7 heteroatoms. The highest BCUT2D eigenvalue weighted by Crippen LogP contribution is 2.26. The first-order chi connectivity index (χ1) is 10.5. The molecule has 116 valence electrons. The Hall–Kier alpha value is -2.67. The average Bonchev–Trinajstić information content (AvgIpc) is 2.51. The molecule has 0 unspecified atom stereocenters. The minimum absolute atomic E-state index is 0.111. The summed E-state index contributed by atoms with van der Waals surface area (Å²) in [6.07, 6.45) is 0. The van der Waals surface area contributed by atoms with Crippen molar-refractivity contribution in [1.29, 1.82) is 0 Å². The zero-order chi connectivity index (χ0) is 16.1. The molecule has 0 radical (unpaired) electrons. The number of nitrogens with zero attached hydrogens (tertiary/aromatic N) is 1. The van der Waals surface area contributed by atoms with Crippen molar-refractivity contribution >= 4 is 11.4 Å². The molecule has 2 N–H and O–H groups in total. The molecule has 2 aromatic carbocycles. The summed E-state index contributed by atoms with van der Waals surface area (Å²) in [7, 11) is 1.43. The lowest BCUT2D eigenvalue weighted by Gasteiger charge is -2.10. The van der Waals surface area contributed by atoms with Gasteiger partial charge in [-0.05, 0) is 35.4 Å². The van der Waals surface area contributed by atoms with E-state index in [2.05, 4.69) is 5.32 Å². The Kier molecular flexibility index (Phi) is 4.90.